The van der Waals surface area contributed by atoms with Crippen molar-refractivity contribution in [1.82, 2.24) is 0 Å². The van der Waals surface area contributed by atoms with E-state index >= 15 is 0 Å². The second-order valence-corrected chi connectivity index (χ2v) is 33.7. The SMILES string of the molecule is CO[C@H]1CC[C@]2(C)[C@H]3CC[C@]4(C)[C@@H]([C@H](C)CCCC(C)C)CC[C@H]4[C@@H]3C[C@@H]([Se][Se][C@@H]3C[C@H]4[C@@H]5CC[C@H]([C@H](C)CCCC(C)C)[C@@]5(C)CC[C@@H]4[C@@]4(C)CC[C@H](OC)C[C@]34O)[C@@]2(O)C1. The van der Waals surface area contributed by atoms with Crippen LogP contribution in [0.4, 0.5) is 0 Å². The van der Waals surface area contributed by atoms with E-state index in [1.807, 2.05) is 14.2 Å². The predicted molar refractivity (Wildman–Crippen MR) is 260 cm³/mol. The summed E-state index contributed by atoms with van der Waals surface area (Å²) < 4.78 is 12.4. The van der Waals surface area contributed by atoms with Crippen molar-refractivity contribution >= 4 is 26.3 Å². The molecule has 8 saturated carbocycles. The molecular weight excluding hydrogens is 895 g/mol. The van der Waals surface area contributed by atoms with Crippen molar-refractivity contribution in [3.05, 3.63) is 0 Å². The Balaban J connectivity index is 1.07. The van der Waals surface area contributed by atoms with Crippen molar-refractivity contribution in [3.63, 3.8) is 0 Å². The van der Waals surface area contributed by atoms with Gasteiger partial charge in [-0.15, -0.1) is 0 Å². The van der Waals surface area contributed by atoms with E-state index in [-0.39, 0.29) is 23.0 Å². The van der Waals surface area contributed by atoms with E-state index in [2.05, 4.69) is 69.2 Å². The third-order valence-corrected chi connectivity index (χ3v) is 32.9. The topological polar surface area (TPSA) is 58.9 Å². The maximum absolute atomic E-state index is 13.7. The molecule has 0 aliphatic heterocycles. The fourth-order valence-corrected chi connectivity index (χ4v) is 31.4. The second-order valence-electron chi connectivity index (χ2n) is 26.3. The fraction of sp³-hybridized carbons (Fsp3) is 1.00. The minimum atomic E-state index is -0.663. The van der Waals surface area contributed by atoms with E-state index in [1.54, 1.807) is 0 Å². The fourth-order valence-electron chi connectivity index (χ4n) is 19.3. The summed E-state index contributed by atoms with van der Waals surface area (Å²) in [5.74, 6) is 9.30. The minimum absolute atomic E-state index is 0.0410. The van der Waals surface area contributed by atoms with Crippen LogP contribution in [-0.4, -0.2) is 74.1 Å². The monoisotopic (exact) mass is 995 g/mol. The number of methoxy groups -OCH3 is 2. The number of ether oxygens (including phenoxy) is 2. The third-order valence-electron chi connectivity index (χ3n) is 22.9. The van der Waals surface area contributed by atoms with Gasteiger partial charge < -0.3 is 0 Å². The van der Waals surface area contributed by atoms with E-state index in [1.165, 1.54) is 103 Å². The van der Waals surface area contributed by atoms with Crippen molar-refractivity contribution in [2.24, 2.45) is 92.7 Å². The van der Waals surface area contributed by atoms with Crippen molar-refractivity contribution in [2.45, 2.75) is 244 Å². The molecule has 8 aliphatic carbocycles. The Morgan fingerprint density at radius 1 is 0.500 bits per heavy atom. The molecule has 2 N–H and O–H groups in total. The van der Waals surface area contributed by atoms with Gasteiger partial charge in [-0.05, 0) is 0 Å². The van der Waals surface area contributed by atoms with Crippen LogP contribution < -0.4 is 0 Å². The molecule has 8 rings (SSSR count). The van der Waals surface area contributed by atoms with Crippen molar-refractivity contribution in [3.8, 4) is 0 Å². The van der Waals surface area contributed by atoms with Gasteiger partial charge in [0.25, 0.3) is 0 Å². The Hall–Kier alpha value is 0.879. The number of hydrogen-bond acceptors (Lipinski definition) is 4. The van der Waals surface area contributed by atoms with Gasteiger partial charge in [0.15, 0.2) is 0 Å². The van der Waals surface area contributed by atoms with E-state index in [0.717, 1.165) is 97.7 Å². The Bertz CT molecular complexity index is 1410. The number of rotatable bonds is 15. The molecular formula is C56H98O4Se2. The van der Waals surface area contributed by atoms with Gasteiger partial charge in [0.1, 0.15) is 0 Å². The summed E-state index contributed by atoms with van der Waals surface area (Å²) in [5.41, 5.74) is -0.516. The molecule has 0 aromatic rings. The van der Waals surface area contributed by atoms with Gasteiger partial charge in [-0.25, -0.2) is 0 Å². The van der Waals surface area contributed by atoms with Crippen molar-refractivity contribution in [2.75, 3.05) is 14.2 Å². The molecule has 0 aromatic carbocycles. The summed E-state index contributed by atoms with van der Waals surface area (Å²) in [6, 6.07) is 0. The first-order valence-electron chi connectivity index (χ1n) is 27.1. The van der Waals surface area contributed by atoms with E-state index < -0.39 is 11.2 Å². The molecule has 0 aromatic heterocycles. The van der Waals surface area contributed by atoms with Crippen LogP contribution in [-0.2, 0) is 9.47 Å². The van der Waals surface area contributed by atoms with Gasteiger partial charge in [-0.1, -0.05) is 0 Å². The predicted octanol–water partition coefficient (Wildman–Crippen LogP) is 13.6. The molecule has 6 heteroatoms. The summed E-state index contributed by atoms with van der Waals surface area (Å²) >= 11 is 0.601. The quantitative estimate of drug-likeness (QED) is 0.161. The normalized spacial score (nSPS) is 50.9. The van der Waals surface area contributed by atoms with Crippen LogP contribution in [0.1, 0.15) is 210 Å². The molecule has 0 saturated heterocycles. The molecule has 4 nitrogen and oxygen atoms in total. The molecule has 0 heterocycles. The summed E-state index contributed by atoms with van der Waals surface area (Å²) in [6.45, 7) is 25.5. The van der Waals surface area contributed by atoms with Gasteiger partial charge in [-0.2, -0.15) is 0 Å². The molecule has 0 unspecified atom stereocenters. The van der Waals surface area contributed by atoms with Crippen LogP contribution in [0.5, 0.6) is 0 Å². The van der Waals surface area contributed by atoms with Gasteiger partial charge >= 0.3 is 396 Å². The number of fused-ring (bicyclic) bond motifs is 10. The molecule has 0 bridgehead atoms. The first-order valence-corrected chi connectivity index (χ1v) is 33.4. The van der Waals surface area contributed by atoms with Crippen molar-refractivity contribution in [1.29, 1.82) is 0 Å². The van der Waals surface area contributed by atoms with Crippen LogP contribution in [0.15, 0.2) is 0 Å². The van der Waals surface area contributed by atoms with Gasteiger partial charge in [-0.3, -0.25) is 0 Å². The zero-order valence-electron chi connectivity index (χ0n) is 42.3. The molecule has 20 atom stereocenters. The summed E-state index contributed by atoms with van der Waals surface area (Å²) in [6.07, 6.45) is 28.2. The van der Waals surface area contributed by atoms with E-state index in [0.29, 0.717) is 58.6 Å². The van der Waals surface area contributed by atoms with Gasteiger partial charge in [0.05, 0.1) is 0 Å². The van der Waals surface area contributed by atoms with Gasteiger partial charge in [0, 0.05) is 0 Å². The number of hydrogen-bond donors (Lipinski definition) is 2. The Morgan fingerprint density at radius 2 is 0.887 bits per heavy atom. The maximum atomic E-state index is 13.7. The summed E-state index contributed by atoms with van der Waals surface area (Å²) in [5, 5.41) is 27.3. The summed E-state index contributed by atoms with van der Waals surface area (Å²) in [4.78, 5) is 0.718. The van der Waals surface area contributed by atoms with E-state index in [9.17, 15) is 10.2 Å². The Labute approximate surface area is 394 Å². The van der Waals surface area contributed by atoms with Crippen LogP contribution in [0.2, 0.25) is 9.63 Å². The van der Waals surface area contributed by atoms with Crippen molar-refractivity contribution < 1.29 is 19.7 Å². The van der Waals surface area contributed by atoms with Gasteiger partial charge in [0.2, 0.25) is 0 Å². The zero-order chi connectivity index (χ0) is 44.6. The molecule has 8 fully saturated rings. The van der Waals surface area contributed by atoms with Crippen LogP contribution in [0.3, 0.4) is 0 Å². The van der Waals surface area contributed by atoms with Crippen LogP contribution in [0.25, 0.3) is 0 Å². The second kappa shape index (κ2) is 18.7. The molecule has 0 radical (unpaired) electrons. The number of aliphatic hydroxyl groups is 2. The third kappa shape index (κ3) is 8.13. The summed E-state index contributed by atoms with van der Waals surface area (Å²) in [7, 11) is 3.81. The molecule has 8 aliphatic rings. The molecule has 0 spiro atoms. The standard InChI is InChI=1S/C56H98O4Se2/c1-35(2)15-13-17-37(5)43-19-21-45-41-31-49(55(57)33-39(59-11)23-29-53(55,9)47(41)25-27-51(43,45)7)61-62-50-32-42-46-22-20-44(38(6)18-14-16-36(3)4)52(46,8)28-26-48(42)54(10)30-24-40(60-12)34-56(50,54)58/h35-50,57-58H,13-34H2,1-12H3/t37-,38-,39+,40+,41+,42+,43-,44-,45+,46+,47+,48+,49-,50-,51-,52-,53-,54-,55+,56+/m1/s1. The first-order chi connectivity index (χ1) is 29.3. The molecule has 62 heavy (non-hydrogen) atoms. The van der Waals surface area contributed by atoms with E-state index in [4.69, 9.17) is 9.47 Å². The zero-order valence-corrected chi connectivity index (χ0v) is 45.7. The molecule has 0 amide bonds. The average molecular weight is 993 g/mol. The molecule has 358 valence electrons. The first kappa shape index (κ1) is 49.3. The Kier molecular flexibility index (Phi) is 14.8. The van der Waals surface area contributed by atoms with Crippen LogP contribution in [0, 0.1) is 92.7 Å². The average Bonchev–Trinajstić information content (AvgIpc) is 3.77. The Morgan fingerprint density at radius 3 is 1.24 bits per heavy atom. The van der Waals surface area contributed by atoms with Crippen LogP contribution >= 0.6 is 0 Å².